The Kier molecular flexibility index (Phi) is 4.60. The molecular formula is C22H25N3O2. The molecule has 0 aliphatic carbocycles. The molecule has 0 spiro atoms. The van der Waals surface area contributed by atoms with Gasteiger partial charge in [0.1, 0.15) is 0 Å². The lowest BCUT2D eigenvalue weighted by atomic mass is 9.96. The molecule has 1 saturated heterocycles. The molecule has 0 bridgehead atoms. The quantitative estimate of drug-likeness (QED) is 0.778. The summed E-state index contributed by atoms with van der Waals surface area (Å²) in [6.07, 6.45) is 2.11. The van der Waals surface area contributed by atoms with Crippen LogP contribution < -0.4 is 5.32 Å². The van der Waals surface area contributed by atoms with Gasteiger partial charge in [0, 0.05) is 49.0 Å². The molecule has 1 aliphatic rings. The zero-order valence-electron chi connectivity index (χ0n) is 15.9. The van der Waals surface area contributed by atoms with E-state index in [0.29, 0.717) is 13.0 Å². The average Bonchev–Trinajstić information content (AvgIpc) is 2.99. The molecule has 1 fully saturated rings. The number of fused-ring (bicyclic) bond motifs is 3. The third-order valence-electron chi connectivity index (χ3n) is 5.72. The number of rotatable bonds is 3. The maximum atomic E-state index is 12.8. The number of nitrogens with one attached hydrogen (secondary N) is 1. The van der Waals surface area contributed by atoms with Crippen LogP contribution in [0.5, 0.6) is 0 Å². The van der Waals surface area contributed by atoms with Crippen LogP contribution in [-0.4, -0.2) is 41.4 Å². The molecule has 2 aromatic carbocycles. The second-order valence-electron chi connectivity index (χ2n) is 7.40. The van der Waals surface area contributed by atoms with E-state index in [4.69, 9.17) is 0 Å². The molecule has 5 heteroatoms. The summed E-state index contributed by atoms with van der Waals surface area (Å²) in [6.45, 7) is 1.26. The number of amides is 2. The molecule has 3 aromatic rings. The van der Waals surface area contributed by atoms with E-state index in [1.54, 1.807) is 7.05 Å². The van der Waals surface area contributed by atoms with Gasteiger partial charge in [-0.25, -0.2) is 0 Å². The molecule has 1 aromatic heterocycles. The summed E-state index contributed by atoms with van der Waals surface area (Å²) >= 11 is 0. The number of hydrogen-bond donors (Lipinski definition) is 1. The van der Waals surface area contributed by atoms with Crippen LogP contribution in [0.15, 0.2) is 42.5 Å². The Hall–Kier alpha value is -2.82. The molecule has 5 nitrogen and oxygen atoms in total. The minimum Gasteiger partial charge on any atom is -0.359 e. The molecule has 1 atom stereocenters. The van der Waals surface area contributed by atoms with Crippen molar-refractivity contribution in [3.63, 3.8) is 0 Å². The lowest BCUT2D eigenvalue weighted by molar-refractivity contribution is -0.135. The van der Waals surface area contributed by atoms with E-state index >= 15 is 0 Å². The first-order valence-corrected chi connectivity index (χ1v) is 9.54. The summed E-state index contributed by atoms with van der Waals surface area (Å²) in [5, 5.41) is 5.10. The number of carbonyl (C=O) groups excluding carboxylic acids is 2. The Balaban J connectivity index is 1.57. The predicted octanol–water partition coefficient (Wildman–Crippen LogP) is 2.86. The van der Waals surface area contributed by atoms with Gasteiger partial charge in [-0.1, -0.05) is 24.3 Å². The highest BCUT2D eigenvalue weighted by Crippen LogP contribution is 2.29. The van der Waals surface area contributed by atoms with Crippen molar-refractivity contribution >= 4 is 33.6 Å². The van der Waals surface area contributed by atoms with Crippen LogP contribution >= 0.6 is 0 Å². The van der Waals surface area contributed by atoms with Crippen molar-refractivity contribution in [1.82, 2.24) is 14.8 Å². The summed E-state index contributed by atoms with van der Waals surface area (Å²) in [4.78, 5) is 26.6. The van der Waals surface area contributed by atoms with Crippen LogP contribution in [-0.2, 0) is 23.1 Å². The Morgan fingerprint density at radius 1 is 1.11 bits per heavy atom. The van der Waals surface area contributed by atoms with Crippen molar-refractivity contribution in [3.8, 4) is 0 Å². The van der Waals surface area contributed by atoms with Gasteiger partial charge in [0.05, 0.1) is 12.3 Å². The van der Waals surface area contributed by atoms with E-state index in [-0.39, 0.29) is 17.7 Å². The first kappa shape index (κ1) is 17.6. The van der Waals surface area contributed by atoms with Crippen molar-refractivity contribution < 1.29 is 9.59 Å². The van der Waals surface area contributed by atoms with Crippen LogP contribution in [0.2, 0.25) is 0 Å². The standard InChI is InChI=1S/C22H25N3O2/c1-23-22(27)16-6-5-11-25(14-16)21(26)13-15-9-10-20-18(12-15)17-7-3-4-8-19(17)24(20)2/h3-4,7-10,12,16H,5-6,11,13-14H2,1-2H3,(H,23,27)/t16-/m0/s1. The summed E-state index contributed by atoms with van der Waals surface area (Å²) < 4.78 is 2.19. The summed E-state index contributed by atoms with van der Waals surface area (Å²) in [6, 6.07) is 14.6. The van der Waals surface area contributed by atoms with E-state index in [9.17, 15) is 9.59 Å². The van der Waals surface area contributed by atoms with E-state index in [1.807, 2.05) is 23.1 Å². The molecule has 140 valence electrons. The number of hydrogen-bond acceptors (Lipinski definition) is 2. The molecule has 0 unspecified atom stereocenters. The number of benzene rings is 2. The summed E-state index contributed by atoms with van der Waals surface area (Å²) in [5.41, 5.74) is 3.39. The Bertz CT molecular complexity index is 1020. The molecule has 0 radical (unpaired) electrons. The van der Waals surface area contributed by atoms with Crippen LogP contribution in [0, 0.1) is 5.92 Å². The molecule has 4 rings (SSSR count). The number of aryl methyl sites for hydroxylation is 1. The smallest absolute Gasteiger partial charge is 0.227 e. The van der Waals surface area contributed by atoms with Gasteiger partial charge in [0.2, 0.25) is 11.8 Å². The van der Waals surface area contributed by atoms with Crippen LogP contribution in [0.25, 0.3) is 21.8 Å². The average molecular weight is 363 g/mol. The van der Waals surface area contributed by atoms with Gasteiger partial charge in [-0.15, -0.1) is 0 Å². The van der Waals surface area contributed by atoms with E-state index in [1.165, 1.54) is 21.8 Å². The zero-order valence-corrected chi connectivity index (χ0v) is 15.9. The first-order valence-electron chi connectivity index (χ1n) is 9.54. The number of likely N-dealkylation sites (tertiary alicyclic amines) is 1. The second-order valence-corrected chi connectivity index (χ2v) is 7.40. The predicted molar refractivity (Wildman–Crippen MR) is 107 cm³/mol. The Morgan fingerprint density at radius 3 is 2.70 bits per heavy atom. The highest BCUT2D eigenvalue weighted by atomic mass is 16.2. The Morgan fingerprint density at radius 2 is 1.89 bits per heavy atom. The molecular weight excluding hydrogens is 338 g/mol. The molecule has 27 heavy (non-hydrogen) atoms. The van der Waals surface area contributed by atoms with Crippen molar-refractivity contribution in [2.75, 3.05) is 20.1 Å². The number of nitrogens with zero attached hydrogens (tertiary/aromatic N) is 2. The number of carbonyl (C=O) groups is 2. The third-order valence-corrected chi connectivity index (χ3v) is 5.72. The lowest BCUT2D eigenvalue weighted by Crippen LogP contribution is -2.45. The maximum Gasteiger partial charge on any atom is 0.227 e. The van der Waals surface area contributed by atoms with E-state index < -0.39 is 0 Å². The van der Waals surface area contributed by atoms with Gasteiger partial charge >= 0.3 is 0 Å². The van der Waals surface area contributed by atoms with E-state index in [0.717, 1.165) is 24.9 Å². The fourth-order valence-corrected chi connectivity index (χ4v) is 4.23. The fraction of sp³-hybridized carbons (Fsp3) is 0.364. The molecule has 2 heterocycles. The molecule has 0 saturated carbocycles. The Labute approximate surface area is 158 Å². The second kappa shape index (κ2) is 7.06. The monoisotopic (exact) mass is 363 g/mol. The molecule has 1 aliphatic heterocycles. The third kappa shape index (κ3) is 3.18. The first-order chi connectivity index (χ1) is 13.1. The fourth-order valence-electron chi connectivity index (χ4n) is 4.23. The summed E-state index contributed by atoms with van der Waals surface area (Å²) in [7, 11) is 3.73. The molecule has 1 N–H and O–H groups in total. The largest absolute Gasteiger partial charge is 0.359 e. The number of piperidine rings is 1. The lowest BCUT2D eigenvalue weighted by Gasteiger charge is -2.32. The van der Waals surface area contributed by atoms with Gasteiger partial charge in [-0.3, -0.25) is 9.59 Å². The van der Waals surface area contributed by atoms with E-state index in [2.05, 4.69) is 41.2 Å². The normalized spacial score (nSPS) is 17.4. The molecule has 2 amide bonds. The number of para-hydroxylation sites is 1. The SMILES string of the molecule is CNC(=O)[C@H]1CCCN(C(=O)Cc2ccc3c(c2)c2ccccc2n3C)C1. The van der Waals surface area contributed by atoms with Gasteiger partial charge < -0.3 is 14.8 Å². The number of aromatic nitrogens is 1. The van der Waals surface area contributed by atoms with Gasteiger partial charge in [0.15, 0.2) is 0 Å². The maximum absolute atomic E-state index is 12.8. The van der Waals surface area contributed by atoms with Crippen molar-refractivity contribution in [2.45, 2.75) is 19.3 Å². The van der Waals surface area contributed by atoms with Gasteiger partial charge in [0.25, 0.3) is 0 Å². The van der Waals surface area contributed by atoms with Crippen molar-refractivity contribution in [1.29, 1.82) is 0 Å². The van der Waals surface area contributed by atoms with Crippen LogP contribution in [0.1, 0.15) is 18.4 Å². The van der Waals surface area contributed by atoms with Crippen molar-refractivity contribution in [2.24, 2.45) is 13.0 Å². The van der Waals surface area contributed by atoms with Gasteiger partial charge in [-0.05, 0) is 36.6 Å². The van der Waals surface area contributed by atoms with Gasteiger partial charge in [-0.2, -0.15) is 0 Å². The van der Waals surface area contributed by atoms with Crippen molar-refractivity contribution in [3.05, 3.63) is 48.0 Å². The summed E-state index contributed by atoms with van der Waals surface area (Å²) in [5.74, 6) is 0.0427. The minimum atomic E-state index is -0.0896. The highest BCUT2D eigenvalue weighted by molar-refractivity contribution is 6.08. The minimum absolute atomic E-state index is 0.0321. The van der Waals surface area contributed by atoms with Crippen LogP contribution in [0.4, 0.5) is 0 Å². The topological polar surface area (TPSA) is 54.3 Å². The highest BCUT2D eigenvalue weighted by Gasteiger charge is 2.27. The zero-order chi connectivity index (χ0) is 19.0. The van der Waals surface area contributed by atoms with Crippen LogP contribution in [0.3, 0.4) is 0 Å².